The lowest BCUT2D eigenvalue weighted by molar-refractivity contribution is -0.189. The molecule has 0 radical (unpaired) electrons. The summed E-state index contributed by atoms with van der Waals surface area (Å²) in [5.74, 6) is -3.23. The lowest BCUT2D eigenvalue weighted by Crippen LogP contribution is -2.48. The molecule has 0 aromatic carbocycles. The normalized spacial score (nSPS) is 24.9. The number of hydrogen-bond donors (Lipinski definition) is 1. The zero-order valence-corrected chi connectivity index (χ0v) is 11.6. The molecule has 0 spiro atoms. The number of alkyl halides is 3. The molecule has 0 heterocycles. The molecule has 7 heteroatoms. The quantitative estimate of drug-likeness (QED) is 0.810. The van der Waals surface area contributed by atoms with Crippen molar-refractivity contribution in [2.45, 2.75) is 51.2 Å². The maximum atomic E-state index is 12.9. The lowest BCUT2D eigenvalue weighted by Gasteiger charge is -2.33. The minimum absolute atomic E-state index is 0.0427. The van der Waals surface area contributed by atoms with E-state index in [4.69, 9.17) is 0 Å². The Bertz CT molecular complexity index is 357. The molecule has 116 valence electrons. The largest absolute Gasteiger partial charge is 0.469 e. The van der Waals surface area contributed by atoms with Crippen LogP contribution in [0.5, 0.6) is 0 Å². The van der Waals surface area contributed by atoms with Gasteiger partial charge >= 0.3 is 12.1 Å². The van der Waals surface area contributed by atoms with Gasteiger partial charge in [0.25, 0.3) is 0 Å². The van der Waals surface area contributed by atoms with Crippen molar-refractivity contribution < 1.29 is 27.5 Å². The van der Waals surface area contributed by atoms with Crippen molar-refractivity contribution in [1.82, 2.24) is 5.32 Å². The van der Waals surface area contributed by atoms with E-state index < -0.39 is 35.9 Å². The van der Waals surface area contributed by atoms with Crippen molar-refractivity contribution in [2.75, 3.05) is 7.11 Å². The molecule has 0 unspecified atom stereocenters. The highest BCUT2D eigenvalue weighted by atomic mass is 19.4. The third-order valence-corrected chi connectivity index (χ3v) is 3.63. The SMILES string of the molecule is COC(=O)[C@H](C)CC(=O)N[C@H]1CCCC[C@@H]1C(F)(F)F. The summed E-state index contributed by atoms with van der Waals surface area (Å²) in [6.45, 7) is 1.51. The summed E-state index contributed by atoms with van der Waals surface area (Å²) in [4.78, 5) is 22.9. The number of carbonyl (C=O) groups is 2. The van der Waals surface area contributed by atoms with Crippen LogP contribution in [0.15, 0.2) is 0 Å². The van der Waals surface area contributed by atoms with Gasteiger partial charge in [-0.15, -0.1) is 0 Å². The molecule has 1 N–H and O–H groups in total. The molecule has 0 aromatic rings. The van der Waals surface area contributed by atoms with Gasteiger partial charge in [0.1, 0.15) is 0 Å². The molecular formula is C13H20F3NO3. The number of amides is 1. The zero-order valence-electron chi connectivity index (χ0n) is 11.6. The second kappa shape index (κ2) is 6.95. The Labute approximate surface area is 116 Å². The van der Waals surface area contributed by atoms with Gasteiger partial charge in [-0.1, -0.05) is 19.8 Å². The summed E-state index contributed by atoms with van der Waals surface area (Å²) in [7, 11) is 1.21. The smallest absolute Gasteiger partial charge is 0.393 e. The van der Waals surface area contributed by atoms with Crippen LogP contribution in [0.3, 0.4) is 0 Å². The van der Waals surface area contributed by atoms with Gasteiger partial charge in [0.2, 0.25) is 5.91 Å². The van der Waals surface area contributed by atoms with Crippen LogP contribution in [0.4, 0.5) is 13.2 Å². The van der Waals surface area contributed by atoms with Gasteiger partial charge in [-0.05, 0) is 12.8 Å². The van der Waals surface area contributed by atoms with Crippen LogP contribution in [-0.4, -0.2) is 31.2 Å². The molecule has 4 nitrogen and oxygen atoms in total. The maximum Gasteiger partial charge on any atom is 0.393 e. The van der Waals surface area contributed by atoms with E-state index in [1.165, 1.54) is 14.0 Å². The molecule has 3 atom stereocenters. The molecule has 1 aliphatic carbocycles. The summed E-state index contributed by atoms with van der Waals surface area (Å²) in [6.07, 6.45) is -2.90. The van der Waals surface area contributed by atoms with E-state index in [0.29, 0.717) is 19.3 Å². The molecule has 1 rings (SSSR count). The number of methoxy groups -OCH3 is 1. The highest BCUT2D eigenvalue weighted by Gasteiger charge is 2.45. The molecule has 0 aliphatic heterocycles. The summed E-state index contributed by atoms with van der Waals surface area (Å²) in [5, 5.41) is 2.42. The molecule has 1 fully saturated rings. The van der Waals surface area contributed by atoms with E-state index in [1.54, 1.807) is 0 Å². The van der Waals surface area contributed by atoms with Crippen LogP contribution in [0.1, 0.15) is 39.0 Å². The minimum Gasteiger partial charge on any atom is -0.469 e. The summed E-state index contributed by atoms with van der Waals surface area (Å²) in [6, 6.07) is -0.888. The van der Waals surface area contributed by atoms with Crippen LogP contribution in [0.25, 0.3) is 0 Å². The first kappa shape index (κ1) is 16.8. The average Bonchev–Trinajstić information content (AvgIpc) is 2.36. The highest BCUT2D eigenvalue weighted by molar-refractivity contribution is 5.82. The third-order valence-electron chi connectivity index (χ3n) is 3.63. The van der Waals surface area contributed by atoms with Crippen LogP contribution in [-0.2, 0) is 14.3 Å². The van der Waals surface area contributed by atoms with E-state index in [9.17, 15) is 22.8 Å². The van der Waals surface area contributed by atoms with Crippen molar-refractivity contribution in [3.05, 3.63) is 0 Å². The molecule has 1 amide bonds. The van der Waals surface area contributed by atoms with Gasteiger partial charge in [-0.3, -0.25) is 9.59 Å². The second-order valence-corrected chi connectivity index (χ2v) is 5.23. The number of esters is 1. The fraction of sp³-hybridized carbons (Fsp3) is 0.846. The predicted molar refractivity (Wildman–Crippen MR) is 65.7 cm³/mol. The highest BCUT2D eigenvalue weighted by Crippen LogP contribution is 2.37. The zero-order chi connectivity index (χ0) is 15.3. The number of halogens is 3. The third kappa shape index (κ3) is 4.68. The number of nitrogens with one attached hydrogen (secondary N) is 1. The Balaban J connectivity index is 2.56. The minimum atomic E-state index is -4.30. The standard InChI is InChI=1S/C13H20F3NO3/c1-8(12(19)20-2)7-11(18)17-10-6-4-3-5-9(10)13(14,15)16/h8-10H,3-7H2,1-2H3,(H,17,18)/t8-,9+,10+/m1/s1. The second-order valence-electron chi connectivity index (χ2n) is 5.23. The van der Waals surface area contributed by atoms with Crippen LogP contribution < -0.4 is 5.32 Å². The Hall–Kier alpha value is -1.27. The van der Waals surface area contributed by atoms with Gasteiger partial charge in [0.05, 0.1) is 18.9 Å². The van der Waals surface area contributed by atoms with Gasteiger partial charge < -0.3 is 10.1 Å². The fourth-order valence-corrected chi connectivity index (χ4v) is 2.52. The monoisotopic (exact) mass is 295 g/mol. The lowest BCUT2D eigenvalue weighted by atomic mass is 9.84. The van der Waals surface area contributed by atoms with Gasteiger partial charge in [-0.2, -0.15) is 13.2 Å². The van der Waals surface area contributed by atoms with Gasteiger partial charge in [-0.25, -0.2) is 0 Å². The summed E-state index contributed by atoms with van der Waals surface area (Å²) >= 11 is 0. The Morgan fingerprint density at radius 1 is 1.30 bits per heavy atom. The Morgan fingerprint density at radius 2 is 1.90 bits per heavy atom. The van der Waals surface area contributed by atoms with Crippen LogP contribution >= 0.6 is 0 Å². The van der Waals surface area contributed by atoms with E-state index in [0.717, 1.165) is 0 Å². The number of ether oxygens (including phenoxy) is 1. The van der Waals surface area contributed by atoms with Crippen molar-refractivity contribution in [3.8, 4) is 0 Å². The molecule has 0 aromatic heterocycles. The molecule has 1 aliphatic rings. The average molecular weight is 295 g/mol. The number of rotatable bonds is 4. The van der Waals surface area contributed by atoms with Gasteiger partial charge in [0.15, 0.2) is 0 Å². The summed E-state index contributed by atoms with van der Waals surface area (Å²) in [5.41, 5.74) is 0. The first-order chi connectivity index (χ1) is 9.25. The van der Waals surface area contributed by atoms with E-state index in [1.807, 2.05) is 0 Å². The topological polar surface area (TPSA) is 55.4 Å². The number of carbonyl (C=O) groups excluding carboxylic acids is 2. The van der Waals surface area contributed by atoms with Crippen molar-refractivity contribution >= 4 is 11.9 Å². The molecule has 20 heavy (non-hydrogen) atoms. The van der Waals surface area contributed by atoms with E-state index in [2.05, 4.69) is 10.1 Å². The first-order valence-electron chi connectivity index (χ1n) is 6.69. The molecular weight excluding hydrogens is 275 g/mol. The summed E-state index contributed by atoms with van der Waals surface area (Å²) < 4.78 is 43.1. The maximum absolute atomic E-state index is 12.9. The van der Waals surface area contributed by atoms with Crippen molar-refractivity contribution in [3.63, 3.8) is 0 Å². The van der Waals surface area contributed by atoms with Crippen molar-refractivity contribution in [1.29, 1.82) is 0 Å². The molecule has 0 bridgehead atoms. The first-order valence-corrected chi connectivity index (χ1v) is 6.69. The van der Waals surface area contributed by atoms with Crippen LogP contribution in [0.2, 0.25) is 0 Å². The van der Waals surface area contributed by atoms with E-state index in [-0.39, 0.29) is 12.8 Å². The number of hydrogen-bond acceptors (Lipinski definition) is 3. The van der Waals surface area contributed by atoms with Gasteiger partial charge in [0, 0.05) is 12.5 Å². The Morgan fingerprint density at radius 3 is 2.45 bits per heavy atom. The predicted octanol–water partition coefficient (Wildman–Crippen LogP) is 2.42. The Kier molecular flexibility index (Phi) is 5.83. The van der Waals surface area contributed by atoms with Crippen molar-refractivity contribution in [2.24, 2.45) is 11.8 Å². The fourth-order valence-electron chi connectivity index (χ4n) is 2.52. The van der Waals surface area contributed by atoms with Crippen LogP contribution in [0, 0.1) is 11.8 Å². The molecule has 1 saturated carbocycles. The molecule has 0 saturated heterocycles. The van der Waals surface area contributed by atoms with E-state index >= 15 is 0 Å².